The maximum absolute atomic E-state index is 10.7. The van der Waals surface area contributed by atoms with Gasteiger partial charge >= 0.3 is 40.9 Å². The van der Waals surface area contributed by atoms with Gasteiger partial charge in [-0.1, -0.05) is 12.1 Å². The molecule has 0 aliphatic carbocycles. The Bertz CT molecular complexity index is 911. The van der Waals surface area contributed by atoms with Crippen LogP contribution in [-0.4, -0.2) is 68.4 Å². The van der Waals surface area contributed by atoms with Gasteiger partial charge in [-0.2, -0.15) is 4.62 Å². The third kappa shape index (κ3) is 7.04. The standard InChI is InChI=1S/C18H28N6OP.ClH.F6P/c1-2-10-18-17(9-1)19-20-24(18)25-26(21-11-3-4-12-21,22-13-5-6-14-22)23-15-7-8-16-23;;1-7(2,3,4,5)6/h1-2,9-10H,3-8,11-16H2;1H;/q+1;;-1. The average Bonchev–Trinajstić information content (AvgIpc) is 3.53. The smallest absolute Gasteiger partial charge is 0.183 e. The first-order valence-electron chi connectivity index (χ1n) is 11.1. The third-order valence-corrected chi connectivity index (χ3v) is 9.65. The monoisotopic (exact) mass is 556 g/mol. The van der Waals surface area contributed by atoms with Gasteiger partial charge in [0, 0.05) is 39.3 Å². The van der Waals surface area contributed by atoms with Crippen LogP contribution in [-0.2, 0) is 0 Å². The van der Waals surface area contributed by atoms with Crippen LogP contribution in [0.2, 0.25) is 0 Å². The fourth-order valence-corrected chi connectivity index (χ4v) is 8.71. The molecule has 0 saturated carbocycles. The SMILES string of the molecule is Cl.F[P-](F)(F)(F)(F)F.c1ccc2c(c1)nnn2O[P+](N1CCCC1)(N1CCCC1)N1CCCC1. The molecule has 0 N–H and O–H groups in total. The van der Waals surface area contributed by atoms with Crippen LogP contribution < -0.4 is 4.62 Å². The Balaban J connectivity index is 0.000000357. The molecule has 7 nitrogen and oxygen atoms in total. The summed E-state index contributed by atoms with van der Waals surface area (Å²) in [7, 11) is -12.7. The normalized spacial score (nSPS) is 22.6. The number of fused-ring (bicyclic) bond motifs is 1. The summed E-state index contributed by atoms with van der Waals surface area (Å²) in [5.41, 5.74) is 1.87. The zero-order valence-corrected chi connectivity index (χ0v) is 21.1. The van der Waals surface area contributed by atoms with Gasteiger partial charge in [0.05, 0.1) is 0 Å². The largest absolute Gasteiger partial charge is 0.451 e. The molecule has 0 atom stereocenters. The topological polar surface area (TPSA) is 49.7 Å². The van der Waals surface area contributed by atoms with Gasteiger partial charge in [-0.15, -0.1) is 31.5 Å². The second-order valence-electron chi connectivity index (χ2n) is 8.49. The predicted octanol–water partition coefficient (Wildman–Crippen LogP) is 6.63. The molecule has 3 saturated heterocycles. The van der Waals surface area contributed by atoms with Gasteiger partial charge in [0.25, 0.3) is 0 Å². The van der Waals surface area contributed by atoms with E-state index in [9.17, 15) is 25.2 Å². The van der Waals surface area contributed by atoms with E-state index in [1.54, 1.807) is 4.85 Å². The first-order valence-corrected chi connectivity index (χ1v) is 14.6. The van der Waals surface area contributed by atoms with Crippen molar-refractivity contribution < 1.29 is 29.8 Å². The summed E-state index contributed by atoms with van der Waals surface area (Å²) in [6, 6.07) is 8.10. The Morgan fingerprint density at radius 2 is 1.09 bits per heavy atom. The van der Waals surface area contributed by atoms with Crippen molar-refractivity contribution in [1.29, 1.82) is 0 Å². The first-order chi connectivity index (χ1) is 15.3. The molecule has 0 bridgehead atoms. The molecule has 0 amide bonds. The third-order valence-electron chi connectivity index (χ3n) is 5.86. The van der Waals surface area contributed by atoms with E-state index in [0.29, 0.717) is 0 Å². The van der Waals surface area contributed by atoms with Crippen LogP contribution in [0, 0.1) is 0 Å². The molecule has 0 radical (unpaired) electrons. The number of halogens is 7. The maximum atomic E-state index is 9.87. The number of para-hydroxylation sites is 1. The summed E-state index contributed by atoms with van der Waals surface area (Å²) >= 11 is 0. The van der Waals surface area contributed by atoms with Crippen LogP contribution >= 0.6 is 28.2 Å². The summed E-state index contributed by atoms with van der Waals surface area (Å²) in [5.74, 6) is 0. The number of nitrogens with zero attached hydrogens (tertiary/aromatic N) is 6. The van der Waals surface area contributed by atoms with E-state index < -0.39 is 15.8 Å². The van der Waals surface area contributed by atoms with E-state index in [2.05, 4.69) is 30.4 Å². The van der Waals surface area contributed by atoms with E-state index in [4.69, 9.17) is 4.62 Å². The average molecular weight is 557 g/mol. The summed E-state index contributed by atoms with van der Waals surface area (Å²) in [6.07, 6.45) is 7.61. The Morgan fingerprint density at radius 1 is 0.706 bits per heavy atom. The summed E-state index contributed by atoms with van der Waals surface area (Å²) in [6.45, 7) is 6.79. The first kappa shape index (κ1) is 27.6. The van der Waals surface area contributed by atoms with Crippen molar-refractivity contribution in [3.8, 4) is 0 Å². The molecule has 2 aromatic rings. The molecule has 1 aromatic heterocycles. The van der Waals surface area contributed by atoms with Crippen LogP contribution in [0.25, 0.3) is 11.0 Å². The minimum absolute atomic E-state index is 0. The molecule has 0 spiro atoms. The van der Waals surface area contributed by atoms with E-state index in [1.165, 1.54) is 38.5 Å². The van der Waals surface area contributed by atoms with Gasteiger partial charge in [0.15, 0.2) is 0 Å². The van der Waals surface area contributed by atoms with E-state index >= 15 is 0 Å². The predicted molar refractivity (Wildman–Crippen MR) is 124 cm³/mol. The van der Waals surface area contributed by atoms with Gasteiger partial charge in [-0.05, 0) is 60.7 Å². The van der Waals surface area contributed by atoms with Crippen molar-refractivity contribution in [2.45, 2.75) is 38.5 Å². The van der Waals surface area contributed by atoms with Crippen molar-refractivity contribution in [1.82, 2.24) is 29.2 Å². The molecule has 3 aliphatic heterocycles. The van der Waals surface area contributed by atoms with Gasteiger partial charge in [-0.25, -0.2) is 0 Å². The van der Waals surface area contributed by atoms with Crippen LogP contribution in [0.3, 0.4) is 0 Å². The van der Waals surface area contributed by atoms with Gasteiger partial charge in [-0.3, -0.25) is 0 Å². The van der Waals surface area contributed by atoms with Crippen LogP contribution in [0.4, 0.5) is 25.2 Å². The minimum Gasteiger partial charge on any atom is -0.183 e. The van der Waals surface area contributed by atoms with Crippen LogP contribution in [0.15, 0.2) is 24.3 Å². The van der Waals surface area contributed by atoms with Crippen molar-refractivity contribution in [3.63, 3.8) is 0 Å². The molecule has 34 heavy (non-hydrogen) atoms. The zero-order chi connectivity index (χ0) is 23.8. The van der Waals surface area contributed by atoms with Crippen LogP contribution in [0.1, 0.15) is 38.5 Å². The molecule has 3 fully saturated rings. The number of hydrogen-bond acceptors (Lipinski definition) is 6. The van der Waals surface area contributed by atoms with Gasteiger partial charge in [0.2, 0.25) is 0 Å². The molecule has 0 unspecified atom stereocenters. The van der Waals surface area contributed by atoms with Crippen LogP contribution in [0.5, 0.6) is 0 Å². The molecule has 5 rings (SSSR count). The maximum Gasteiger partial charge on any atom is 0.451 e. The second-order valence-corrected chi connectivity index (χ2v) is 13.3. The van der Waals surface area contributed by atoms with Crippen molar-refractivity contribution in [3.05, 3.63) is 24.3 Å². The Labute approximate surface area is 200 Å². The van der Waals surface area contributed by atoms with Gasteiger partial charge in [0.1, 0.15) is 11.0 Å². The molecule has 1 aromatic carbocycles. The number of benzene rings is 1. The van der Waals surface area contributed by atoms with Gasteiger partial charge < -0.3 is 0 Å². The molecular formula is C18H29ClF6N6OP2. The Hall–Kier alpha value is -0.970. The molecule has 3 aliphatic rings. The van der Waals surface area contributed by atoms with Crippen molar-refractivity contribution in [2.75, 3.05) is 39.3 Å². The fraction of sp³-hybridized carbons (Fsp3) is 0.667. The molecule has 16 heteroatoms. The number of rotatable bonds is 5. The number of aromatic nitrogens is 3. The van der Waals surface area contributed by atoms with Crippen molar-refractivity contribution >= 4 is 39.2 Å². The number of hydrogen-bond donors (Lipinski definition) is 0. The molecule has 4 heterocycles. The zero-order valence-electron chi connectivity index (χ0n) is 18.5. The summed E-state index contributed by atoms with van der Waals surface area (Å²) in [5, 5.41) is 8.72. The molecular weight excluding hydrogens is 528 g/mol. The summed E-state index contributed by atoms with van der Waals surface area (Å²) < 4.78 is 74.1. The minimum atomic E-state index is -10.7. The van der Waals surface area contributed by atoms with E-state index in [1.807, 2.05) is 18.2 Å². The van der Waals surface area contributed by atoms with E-state index in [0.717, 1.165) is 50.3 Å². The Kier molecular flexibility index (Phi) is 7.70. The second kappa shape index (κ2) is 9.48. The molecule has 196 valence electrons. The summed E-state index contributed by atoms with van der Waals surface area (Å²) in [4.78, 5) is 1.72. The fourth-order valence-electron chi connectivity index (χ4n) is 4.59. The van der Waals surface area contributed by atoms with E-state index in [-0.39, 0.29) is 12.4 Å². The van der Waals surface area contributed by atoms with Crippen molar-refractivity contribution in [2.24, 2.45) is 0 Å². The Morgan fingerprint density at radius 3 is 1.50 bits per heavy atom. The quantitative estimate of drug-likeness (QED) is 0.304.